The molecule has 1 saturated heterocycles. The molecule has 1 aromatic carbocycles. The van der Waals surface area contributed by atoms with Gasteiger partial charge in [0.05, 0.1) is 18.6 Å². The number of methoxy groups -OCH3 is 1. The maximum Gasteiger partial charge on any atom is 0.234 e. The van der Waals surface area contributed by atoms with Crippen molar-refractivity contribution < 1.29 is 13.2 Å². The van der Waals surface area contributed by atoms with Gasteiger partial charge in [0.1, 0.15) is 5.75 Å². The predicted molar refractivity (Wildman–Crippen MR) is 83.7 cm³/mol. The van der Waals surface area contributed by atoms with E-state index in [-0.39, 0.29) is 11.8 Å². The molecule has 0 amide bonds. The molecule has 2 rings (SSSR count). The summed E-state index contributed by atoms with van der Waals surface area (Å²) in [7, 11) is -1.82. The lowest BCUT2D eigenvalue weighted by molar-refractivity contribution is 0.415. The lowest BCUT2D eigenvalue weighted by Crippen LogP contribution is -2.40. The number of piperidine rings is 1. The fourth-order valence-corrected chi connectivity index (χ4v) is 4.14. The highest BCUT2D eigenvalue weighted by Gasteiger charge is 2.21. The summed E-state index contributed by atoms with van der Waals surface area (Å²) >= 11 is 3.33. The zero-order valence-electron chi connectivity index (χ0n) is 11.4. The van der Waals surface area contributed by atoms with Crippen molar-refractivity contribution >= 4 is 31.6 Å². The minimum absolute atomic E-state index is 0.0373. The predicted octanol–water partition coefficient (Wildman–Crippen LogP) is 2.34. The number of sulfonamides is 1. The minimum Gasteiger partial charge on any atom is -0.497 e. The van der Waals surface area contributed by atoms with Gasteiger partial charge in [0.15, 0.2) is 0 Å². The smallest absolute Gasteiger partial charge is 0.234 e. The highest BCUT2D eigenvalue weighted by molar-refractivity contribution is 9.10. The summed E-state index contributed by atoms with van der Waals surface area (Å²) in [6.07, 6.45) is 3.10. The Kier molecular flexibility index (Phi) is 5.29. The molecule has 0 bridgehead atoms. The van der Waals surface area contributed by atoms with E-state index in [4.69, 9.17) is 4.74 Å². The SMILES string of the molecule is COc1cc(Br)cc(NS(=O)(=O)CC2CCCCN2)c1. The van der Waals surface area contributed by atoms with Crippen molar-refractivity contribution in [3.8, 4) is 5.75 Å². The molecular weight excluding hydrogens is 344 g/mol. The second-order valence-corrected chi connectivity index (χ2v) is 7.59. The summed E-state index contributed by atoms with van der Waals surface area (Å²) in [6, 6.07) is 5.20. The van der Waals surface area contributed by atoms with Gasteiger partial charge in [0.25, 0.3) is 0 Å². The number of halogens is 1. The largest absolute Gasteiger partial charge is 0.497 e. The first-order chi connectivity index (χ1) is 9.48. The molecule has 112 valence electrons. The molecule has 1 heterocycles. The molecule has 0 spiro atoms. The first-order valence-electron chi connectivity index (χ1n) is 6.57. The van der Waals surface area contributed by atoms with Crippen LogP contribution in [0.3, 0.4) is 0 Å². The Morgan fingerprint density at radius 2 is 2.20 bits per heavy atom. The van der Waals surface area contributed by atoms with Crippen LogP contribution < -0.4 is 14.8 Å². The normalized spacial score (nSPS) is 19.6. The van der Waals surface area contributed by atoms with Gasteiger partial charge in [-0.05, 0) is 31.5 Å². The van der Waals surface area contributed by atoms with Crippen LogP contribution in [0.15, 0.2) is 22.7 Å². The fourth-order valence-electron chi connectivity index (χ4n) is 2.29. The monoisotopic (exact) mass is 362 g/mol. The van der Waals surface area contributed by atoms with Gasteiger partial charge in [-0.2, -0.15) is 0 Å². The quantitative estimate of drug-likeness (QED) is 0.843. The molecule has 1 unspecified atom stereocenters. The van der Waals surface area contributed by atoms with Gasteiger partial charge in [0.2, 0.25) is 10.0 Å². The molecule has 0 radical (unpaired) electrons. The number of ether oxygens (including phenoxy) is 1. The Morgan fingerprint density at radius 3 is 2.85 bits per heavy atom. The van der Waals surface area contributed by atoms with Gasteiger partial charge < -0.3 is 10.1 Å². The second kappa shape index (κ2) is 6.78. The Hall–Kier alpha value is -0.790. The Labute approximate surface area is 128 Å². The molecule has 1 aliphatic heterocycles. The van der Waals surface area contributed by atoms with Crippen LogP contribution in [-0.4, -0.2) is 33.9 Å². The van der Waals surface area contributed by atoms with E-state index in [0.717, 1.165) is 30.3 Å². The first kappa shape index (κ1) is 15.6. The van der Waals surface area contributed by atoms with Crippen molar-refractivity contribution in [2.45, 2.75) is 25.3 Å². The zero-order valence-corrected chi connectivity index (χ0v) is 13.8. The summed E-state index contributed by atoms with van der Waals surface area (Å²) in [5, 5.41) is 3.24. The van der Waals surface area contributed by atoms with Gasteiger partial charge in [-0.15, -0.1) is 0 Å². The number of rotatable bonds is 5. The average Bonchev–Trinajstić information content (AvgIpc) is 2.37. The van der Waals surface area contributed by atoms with Gasteiger partial charge >= 0.3 is 0 Å². The molecule has 1 atom stereocenters. The number of hydrogen-bond acceptors (Lipinski definition) is 4. The van der Waals surface area contributed by atoms with Gasteiger partial charge in [-0.25, -0.2) is 8.42 Å². The average molecular weight is 363 g/mol. The van der Waals surface area contributed by atoms with E-state index in [2.05, 4.69) is 26.0 Å². The number of nitrogens with one attached hydrogen (secondary N) is 2. The lowest BCUT2D eigenvalue weighted by atomic mass is 10.1. The minimum atomic E-state index is -3.36. The Morgan fingerprint density at radius 1 is 1.40 bits per heavy atom. The molecule has 7 heteroatoms. The van der Waals surface area contributed by atoms with Crippen LogP contribution in [0.2, 0.25) is 0 Å². The highest BCUT2D eigenvalue weighted by atomic mass is 79.9. The number of benzene rings is 1. The van der Waals surface area contributed by atoms with E-state index < -0.39 is 10.0 Å². The first-order valence-corrected chi connectivity index (χ1v) is 9.01. The maximum absolute atomic E-state index is 12.2. The molecule has 0 aliphatic carbocycles. The second-order valence-electron chi connectivity index (χ2n) is 4.91. The third-order valence-electron chi connectivity index (χ3n) is 3.21. The van der Waals surface area contributed by atoms with Crippen LogP contribution in [0, 0.1) is 0 Å². The van der Waals surface area contributed by atoms with Crippen LogP contribution in [0.1, 0.15) is 19.3 Å². The molecule has 1 aliphatic rings. The van der Waals surface area contributed by atoms with E-state index in [1.165, 1.54) is 0 Å². The van der Waals surface area contributed by atoms with E-state index in [1.54, 1.807) is 25.3 Å². The van der Waals surface area contributed by atoms with Crippen LogP contribution in [0.5, 0.6) is 5.75 Å². The molecule has 2 N–H and O–H groups in total. The van der Waals surface area contributed by atoms with Gasteiger partial charge in [-0.3, -0.25) is 4.72 Å². The van der Waals surface area contributed by atoms with Crippen molar-refractivity contribution in [1.29, 1.82) is 0 Å². The van der Waals surface area contributed by atoms with Crippen LogP contribution in [0.4, 0.5) is 5.69 Å². The van der Waals surface area contributed by atoms with Crippen molar-refractivity contribution in [2.24, 2.45) is 0 Å². The molecule has 1 aromatic rings. The summed E-state index contributed by atoms with van der Waals surface area (Å²) in [5.74, 6) is 0.704. The van der Waals surface area contributed by atoms with Gasteiger partial charge in [0, 0.05) is 16.6 Å². The number of anilines is 1. The summed E-state index contributed by atoms with van der Waals surface area (Å²) in [5.41, 5.74) is 0.507. The van der Waals surface area contributed by atoms with Crippen LogP contribution >= 0.6 is 15.9 Å². The van der Waals surface area contributed by atoms with Crippen LogP contribution in [-0.2, 0) is 10.0 Å². The van der Waals surface area contributed by atoms with Crippen molar-refractivity contribution in [1.82, 2.24) is 5.32 Å². The molecule has 0 aromatic heterocycles. The van der Waals surface area contributed by atoms with Gasteiger partial charge in [-0.1, -0.05) is 22.4 Å². The molecule has 20 heavy (non-hydrogen) atoms. The Balaban J connectivity index is 2.05. The summed E-state index contributed by atoms with van der Waals surface area (Å²) in [4.78, 5) is 0. The molecule has 0 saturated carbocycles. The van der Waals surface area contributed by atoms with E-state index in [9.17, 15) is 8.42 Å². The number of hydrogen-bond donors (Lipinski definition) is 2. The summed E-state index contributed by atoms with van der Waals surface area (Å²) < 4.78 is 32.8. The molecular formula is C13H19BrN2O3S. The zero-order chi connectivity index (χ0) is 14.6. The van der Waals surface area contributed by atoms with E-state index in [1.807, 2.05) is 0 Å². The van der Waals surface area contributed by atoms with Crippen LogP contribution in [0.25, 0.3) is 0 Å². The summed E-state index contributed by atoms with van der Waals surface area (Å²) in [6.45, 7) is 0.894. The third-order valence-corrected chi connectivity index (χ3v) is 5.06. The van der Waals surface area contributed by atoms with Crippen molar-refractivity contribution in [3.63, 3.8) is 0 Å². The molecule has 1 fully saturated rings. The molecule has 5 nitrogen and oxygen atoms in total. The van der Waals surface area contributed by atoms with E-state index >= 15 is 0 Å². The Bertz CT molecular complexity index is 557. The highest BCUT2D eigenvalue weighted by Crippen LogP contribution is 2.25. The fraction of sp³-hybridized carbons (Fsp3) is 0.538. The third kappa shape index (κ3) is 4.64. The lowest BCUT2D eigenvalue weighted by Gasteiger charge is -2.23. The maximum atomic E-state index is 12.2. The van der Waals surface area contributed by atoms with Crippen molar-refractivity contribution in [3.05, 3.63) is 22.7 Å². The topological polar surface area (TPSA) is 67.4 Å². The van der Waals surface area contributed by atoms with E-state index in [0.29, 0.717) is 11.4 Å². The standard InChI is InChI=1S/C13H19BrN2O3S/c1-19-13-7-10(14)6-12(8-13)16-20(17,18)9-11-4-2-3-5-15-11/h6-8,11,15-16H,2-5,9H2,1H3. The van der Waals surface area contributed by atoms with Crippen molar-refractivity contribution in [2.75, 3.05) is 24.1 Å².